The Morgan fingerprint density at radius 3 is 2.83 bits per heavy atom. The van der Waals surface area contributed by atoms with Crippen LogP contribution in [-0.4, -0.2) is 34.8 Å². The van der Waals surface area contributed by atoms with Gasteiger partial charge >= 0.3 is 6.03 Å². The molecule has 0 fully saturated rings. The van der Waals surface area contributed by atoms with Gasteiger partial charge in [-0.15, -0.1) is 0 Å². The van der Waals surface area contributed by atoms with E-state index in [1.165, 1.54) is 5.56 Å². The maximum absolute atomic E-state index is 11.5. The number of aliphatic imine (C=N–C) groups is 1. The molecule has 0 aliphatic carbocycles. The molecule has 2 aromatic rings. The minimum Gasteiger partial charge on any atom is -0.351 e. The van der Waals surface area contributed by atoms with E-state index in [0.29, 0.717) is 24.3 Å². The van der Waals surface area contributed by atoms with Gasteiger partial charge < -0.3 is 5.73 Å². The van der Waals surface area contributed by atoms with E-state index < -0.39 is 6.03 Å². The zero-order valence-corrected chi connectivity index (χ0v) is 13.5. The predicted molar refractivity (Wildman–Crippen MR) is 93.4 cm³/mol. The van der Waals surface area contributed by atoms with Crippen molar-refractivity contribution in [2.75, 3.05) is 11.4 Å². The van der Waals surface area contributed by atoms with Gasteiger partial charge in [-0.2, -0.15) is 0 Å². The molecule has 0 bridgehead atoms. The van der Waals surface area contributed by atoms with Gasteiger partial charge in [-0.1, -0.05) is 6.92 Å². The third-order valence-corrected chi connectivity index (χ3v) is 4.74. The second-order valence-electron chi connectivity index (χ2n) is 6.38. The number of nitrogens with two attached hydrogens (primary N) is 1. The fraction of sp³-hybridized carbons (Fsp3) is 0.333. The van der Waals surface area contributed by atoms with Crippen molar-refractivity contribution in [3.05, 3.63) is 41.9 Å². The first-order valence-corrected chi connectivity index (χ1v) is 8.18. The Morgan fingerprint density at radius 2 is 2.08 bits per heavy atom. The van der Waals surface area contributed by atoms with Gasteiger partial charge in [-0.05, 0) is 36.1 Å². The fourth-order valence-electron chi connectivity index (χ4n) is 3.21. The van der Waals surface area contributed by atoms with Crippen LogP contribution in [0.25, 0.3) is 11.1 Å². The maximum atomic E-state index is 11.5. The van der Waals surface area contributed by atoms with Crippen molar-refractivity contribution in [3.8, 4) is 11.1 Å². The van der Waals surface area contributed by atoms with Gasteiger partial charge in [-0.25, -0.2) is 9.78 Å². The summed E-state index contributed by atoms with van der Waals surface area (Å²) in [6, 6.07) is 4.11. The molecule has 2 unspecified atom stereocenters. The van der Waals surface area contributed by atoms with E-state index in [1.807, 2.05) is 18.6 Å². The van der Waals surface area contributed by atoms with E-state index >= 15 is 0 Å². The third-order valence-electron chi connectivity index (χ3n) is 4.74. The van der Waals surface area contributed by atoms with Gasteiger partial charge in [0.1, 0.15) is 5.82 Å². The van der Waals surface area contributed by atoms with Crippen molar-refractivity contribution in [1.29, 1.82) is 0 Å². The number of fused-ring (bicyclic) bond motifs is 1. The molecule has 2 N–H and O–H groups in total. The average Bonchev–Trinajstić information content (AvgIpc) is 3.45. The summed E-state index contributed by atoms with van der Waals surface area (Å²) < 4.78 is 0. The molecule has 0 saturated carbocycles. The van der Waals surface area contributed by atoms with Crippen LogP contribution in [-0.2, 0) is 6.42 Å². The SMILES string of the molecule is CC(c1cncc(-c2cnc3c(c2)CCCN3C(N)=O)c1)C1C=N1. The predicted octanol–water partition coefficient (Wildman–Crippen LogP) is 2.53. The highest BCUT2D eigenvalue weighted by Crippen LogP contribution is 2.31. The number of pyridine rings is 2. The molecule has 0 saturated heterocycles. The molecule has 0 spiro atoms. The maximum Gasteiger partial charge on any atom is 0.320 e. The summed E-state index contributed by atoms with van der Waals surface area (Å²) in [6.45, 7) is 2.79. The molecule has 2 atom stereocenters. The smallest absolute Gasteiger partial charge is 0.320 e. The second-order valence-corrected chi connectivity index (χ2v) is 6.38. The number of nitrogens with zero attached hydrogens (tertiary/aromatic N) is 4. The number of primary amides is 1. The van der Waals surface area contributed by atoms with E-state index in [2.05, 4.69) is 34.0 Å². The molecule has 4 heterocycles. The monoisotopic (exact) mass is 321 g/mol. The number of rotatable bonds is 3. The van der Waals surface area contributed by atoms with E-state index in [9.17, 15) is 4.79 Å². The zero-order chi connectivity index (χ0) is 16.7. The number of urea groups is 1. The number of hydrogen-bond donors (Lipinski definition) is 1. The Bertz CT molecular complexity index is 826. The van der Waals surface area contributed by atoms with Crippen LogP contribution in [0.4, 0.5) is 10.6 Å². The Kier molecular flexibility index (Phi) is 3.52. The average molecular weight is 321 g/mol. The van der Waals surface area contributed by atoms with E-state index in [0.717, 1.165) is 29.5 Å². The van der Waals surface area contributed by atoms with Gasteiger partial charge in [0.25, 0.3) is 0 Å². The molecule has 6 nitrogen and oxygen atoms in total. The fourth-order valence-corrected chi connectivity index (χ4v) is 3.21. The molecule has 6 heteroatoms. The number of carbonyl (C=O) groups excluding carboxylic acids is 1. The van der Waals surface area contributed by atoms with Crippen LogP contribution in [0.1, 0.15) is 30.4 Å². The Balaban J connectivity index is 1.68. The van der Waals surface area contributed by atoms with Crippen LogP contribution < -0.4 is 10.6 Å². The minimum absolute atomic E-state index is 0.313. The first-order valence-electron chi connectivity index (χ1n) is 8.18. The second kappa shape index (κ2) is 5.70. The molecule has 122 valence electrons. The summed E-state index contributed by atoms with van der Waals surface area (Å²) in [4.78, 5) is 26.2. The number of aryl methyl sites for hydroxylation is 1. The first kappa shape index (κ1) is 14.8. The molecule has 2 aliphatic heterocycles. The highest BCUT2D eigenvalue weighted by atomic mass is 16.2. The highest BCUT2D eigenvalue weighted by Gasteiger charge is 2.24. The molecule has 24 heavy (non-hydrogen) atoms. The molecule has 4 rings (SSSR count). The quantitative estimate of drug-likeness (QED) is 0.942. The third kappa shape index (κ3) is 2.64. The lowest BCUT2D eigenvalue weighted by Crippen LogP contribution is -2.40. The summed E-state index contributed by atoms with van der Waals surface area (Å²) in [5.41, 5.74) is 9.72. The van der Waals surface area contributed by atoms with Gasteiger partial charge in [0, 0.05) is 48.4 Å². The van der Waals surface area contributed by atoms with Crippen molar-refractivity contribution >= 4 is 18.1 Å². The van der Waals surface area contributed by atoms with Gasteiger partial charge in [0.15, 0.2) is 0 Å². The standard InChI is InChI=1S/C18H19N5O/c1-11(16-10-21-16)13-6-14(8-20-7-13)15-5-12-3-2-4-23(18(19)24)17(12)22-9-15/h5-11,16H,2-4H2,1H3,(H2,19,24). The van der Waals surface area contributed by atoms with Crippen LogP contribution in [0, 0.1) is 0 Å². The highest BCUT2D eigenvalue weighted by molar-refractivity contribution is 5.91. The normalized spacial score (nSPS) is 19.7. The van der Waals surface area contributed by atoms with Crippen LogP contribution in [0.2, 0.25) is 0 Å². The Labute approximate surface area is 140 Å². The first-order chi connectivity index (χ1) is 11.6. The summed E-state index contributed by atoms with van der Waals surface area (Å²) in [5, 5.41) is 0. The van der Waals surface area contributed by atoms with E-state index in [-0.39, 0.29) is 0 Å². The number of anilines is 1. The molecular formula is C18H19N5O. The van der Waals surface area contributed by atoms with Crippen LogP contribution in [0.15, 0.2) is 35.7 Å². The van der Waals surface area contributed by atoms with E-state index in [4.69, 9.17) is 5.73 Å². The number of hydrogen-bond acceptors (Lipinski definition) is 4. The van der Waals surface area contributed by atoms with Crippen LogP contribution >= 0.6 is 0 Å². The number of carbonyl (C=O) groups is 1. The molecule has 0 aromatic carbocycles. The lowest BCUT2D eigenvalue weighted by molar-refractivity contribution is 0.253. The Morgan fingerprint density at radius 1 is 1.29 bits per heavy atom. The van der Waals surface area contributed by atoms with E-state index in [1.54, 1.807) is 11.1 Å². The van der Waals surface area contributed by atoms with Crippen molar-refractivity contribution in [2.24, 2.45) is 10.7 Å². The summed E-state index contributed by atoms with van der Waals surface area (Å²) in [5.74, 6) is 1.02. The number of amides is 2. The molecular weight excluding hydrogens is 302 g/mol. The largest absolute Gasteiger partial charge is 0.351 e. The van der Waals surface area contributed by atoms with Gasteiger partial charge in [-0.3, -0.25) is 14.9 Å². The lowest BCUT2D eigenvalue weighted by atomic mass is 9.95. The topological polar surface area (TPSA) is 84.5 Å². The molecule has 2 aliphatic rings. The lowest BCUT2D eigenvalue weighted by Gasteiger charge is -2.27. The van der Waals surface area contributed by atoms with Gasteiger partial charge in [0.05, 0.1) is 6.04 Å². The summed E-state index contributed by atoms with van der Waals surface area (Å²) >= 11 is 0. The molecule has 0 radical (unpaired) electrons. The van der Waals surface area contributed by atoms with Crippen LogP contribution in [0.5, 0.6) is 0 Å². The van der Waals surface area contributed by atoms with Crippen molar-refractivity contribution in [2.45, 2.75) is 31.7 Å². The Hall–Kier alpha value is -2.76. The minimum atomic E-state index is -0.446. The van der Waals surface area contributed by atoms with Crippen molar-refractivity contribution < 1.29 is 4.79 Å². The van der Waals surface area contributed by atoms with Crippen molar-refractivity contribution in [1.82, 2.24) is 9.97 Å². The van der Waals surface area contributed by atoms with Crippen molar-refractivity contribution in [3.63, 3.8) is 0 Å². The zero-order valence-electron chi connectivity index (χ0n) is 13.5. The molecule has 2 aromatic heterocycles. The number of aromatic nitrogens is 2. The summed E-state index contributed by atoms with van der Waals surface area (Å²) in [7, 11) is 0. The summed E-state index contributed by atoms with van der Waals surface area (Å²) in [6.07, 6.45) is 9.31. The molecule has 2 amide bonds. The van der Waals surface area contributed by atoms with Crippen LogP contribution in [0.3, 0.4) is 0 Å². The van der Waals surface area contributed by atoms with Gasteiger partial charge in [0.2, 0.25) is 0 Å².